The van der Waals surface area contributed by atoms with Gasteiger partial charge in [0.25, 0.3) is 0 Å². The van der Waals surface area contributed by atoms with Crippen LogP contribution in [-0.2, 0) is 14.4 Å². The zero-order valence-corrected chi connectivity index (χ0v) is 29.7. The molecule has 2 aliphatic rings. The first-order valence-electron chi connectivity index (χ1n) is 17.5. The minimum Gasteiger partial charge on any atom is -0.353 e. The van der Waals surface area contributed by atoms with Crippen molar-refractivity contribution in [3.63, 3.8) is 0 Å². The maximum atomic E-state index is 14.2. The van der Waals surface area contributed by atoms with Gasteiger partial charge in [-0.25, -0.2) is 24.8 Å². The number of rotatable bonds is 9. The van der Waals surface area contributed by atoms with Gasteiger partial charge in [0.2, 0.25) is 17.7 Å². The first-order valence-corrected chi connectivity index (χ1v) is 17.5. The van der Waals surface area contributed by atoms with Crippen LogP contribution in [0.4, 0.5) is 15.9 Å². The van der Waals surface area contributed by atoms with E-state index < -0.39 is 5.41 Å². The summed E-state index contributed by atoms with van der Waals surface area (Å²) in [6, 6.07) is 17.1. The molecule has 0 aliphatic carbocycles. The van der Waals surface area contributed by atoms with E-state index in [1.165, 1.54) is 19.1 Å². The summed E-state index contributed by atoms with van der Waals surface area (Å²) in [5, 5.41) is 15.5. The normalized spacial score (nSPS) is 19.4. The molecule has 3 aromatic heterocycles. The summed E-state index contributed by atoms with van der Waals surface area (Å²) >= 11 is 0. The molecular formula is C38H40FN11O3. The number of hydrazone groups is 1. The Bertz CT molecular complexity index is 2160. The Morgan fingerprint density at radius 3 is 2.47 bits per heavy atom. The monoisotopic (exact) mass is 717 g/mol. The summed E-state index contributed by atoms with van der Waals surface area (Å²) in [6.07, 6.45) is 5.56. The fourth-order valence-electron chi connectivity index (χ4n) is 7.08. The molecule has 0 spiro atoms. The van der Waals surface area contributed by atoms with Crippen molar-refractivity contribution in [2.24, 2.45) is 10.5 Å². The lowest BCUT2D eigenvalue weighted by atomic mass is 9.81. The average molecular weight is 718 g/mol. The van der Waals surface area contributed by atoms with Gasteiger partial charge in [0.1, 0.15) is 17.1 Å². The summed E-state index contributed by atoms with van der Waals surface area (Å²) in [6.45, 7) is 7.75. The van der Waals surface area contributed by atoms with Gasteiger partial charge >= 0.3 is 0 Å². The van der Waals surface area contributed by atoms with Crippen LogP contribution in [0.25, 0.3) is 33.5 Å². The smallest absolute Gasteiger partial charge is 0.237 e. The van der Waals surface area contributed by atoms with Gasteiger partial charge < -0.3 is 15.1 Å². The fraction of sp³-hybridized carbons (Fsp3) is 0.316. The van der Waals surface area contributed by atoms with Crippen LogP contribution in [0.1, 0.15) is 27.2 Å². The molecule has 5 heterocycles. The van der Waals surface area contributed by atoms with Crippen molar-refractivity contribution in [3.8, 4) is 22.6 Å². The molecular weight excluding hydrogens is 677 g/mol. The molecule has 2 aromatic carbocycles. The minimum atomic E-state index is -1.11. The quantitative estimate of drug-likeness (QED) is 0.150. The van der Waals surface area contributed by atoms with E-state index in [0.717, 1.165) is 27.8 Å². The number of fused-ring (bicyclic) bond motifs is 1. The summed E-state index contributed by atoms with van der Waals surface area (Å²) < 4.78 is 13.6. The van der Waals surface area contributed by atoms with Crippen molar-refractivity contribution in [3.05, 3.63) is 85.1 Å². The zero-order chi connectivity index (χ0) is 37.1. The lowest BCUT2D eigenvalue weighted by molar-refractivity contribution is -0.135. The molecule has 7 rings (SSSR count). The highest BCUT2D eigenvalue weighted by molar-refractivity contribution is 6.13. The molecule has 53 heavy (non-hydrogen) atoms. The van der Waals surface area contributed by atoms with Gasteiger partial charge in [-0.05, 0) is 80.9 Å². The first kappa shape index (κ1) is 35.3. The van der Waals surface area contributed by atoms with Crippen LogP contribution in [0, 0.1) is 11.2 Å². The second kappa shape index (κ2) is 14.9. The van der Waals surface area contributed by atoms with Gasteiger partial charge in [-0.1, -0.05) is 0 Å². The van der Waals surface area contributed by atoms with Gasteiger partial charge in [-0.2, -0.15) is 10.2 Å². The number of benzene rings is 2. The van der Waals surface area contributed by atoms with Crippen LogP contribution in [0.3, 0.4) is 0 Å². The first-order chi connectivity index (χ1) is 25.6. The highest BCUT2D eigenvalue weighted by atomic mass is 19.1. The molecule has 5 aromatic rings. The van der Waals surface area contributed by atoms with E-state index in [9.17, 15) is 18.8 Å². The Kier molecular flexibility index (Phi) is 9.91. The van der Waals surface area contributed by atoms with Gasteiger partial charge in [0, 0.05) is 86.5 Å². The molecule has 2 saturated heterocycles. The number of H-pyrrole nitrogens is 1. The Morgan fingerprint density at radius 1 is 0.981 bits per heavy atom. The number of anilines is 2. The Balaban J connectivity index is 1.03. The molecule has 272 valence electrons. The second-order valence-corrected chi connectivity index (χ2v) is 13.6. The number of carbonyl (C=O) groups excluding carboxylic acids is 3. The number of hydrogen-bond acceptors (Lipinski definition) is 10. The topological polar surface area (TPSA) is 165 Å². The number of halogens is 1. The summed E-state index contributed by atoms with van der Waals surface area (Å²) in [5.41, 5.74) is 5.29. The standard InChI is InChI=1S/C38H40FN11O3/c1-24-21-49(33-12-7-28(20-42-33)36-40-14-4-15-41-36)17-18-50(24)34(52)22-48-16-13-38(23-48,25(2)44-45-26(3)51)37(53)43-30-10-11-32-31(19-30)35(47-46-32)27-5-8-29(39)9-6-27/h4-12,14-15,19-20,24H,13,16-18,21-23H2,1-3H3,(H,43,53)(H,45,51)(H,46,47)/t24-,38?/m1/s1. The third-order valence-electron chi connectivity index (χ3n) is 10.00. The number of aromatic nitrogens is 5. The predicted molar refractivity (Wildman–Crippen MR) is 199 cm³/mol. The second-order valence-electron chi connectivity index (χ2n) is 13.6. The Labute approximate surface area is 305 Å². The summed E-state index contributed by atoms with van der Waals surface area (Å²) in [4.78, 5) is 59.0. The average Bonchev–Trinajstić information content (AvgIpc) is 3.80. The van der Waals surface area contributed by atoms with Gasteiger partial charge in [-0.15, -0.1) is 0 Å². The molecule has 14 nitrogen and oxygen atoms in total. The zero-order valence-electron chi connectivity index (χ0n) is 29.7. The molecule has 0 saturated carbocycles. The predicted octanol–water partition coefficient (Wildman–Crippen LogP) is 4.10. The van der Waals surface area contributed by atoms with Crippen LogP contribution >= 0.6 is 0 Å². The van der Waals surface area contributed by atoms with Crippen molar-refractivity contribution in [2.45, 2.75) is 33.2 Å². The minimum absolute atomic E-state index is 0.0203. The van der Waals surface area contributed by atoms with Crippen molar-refractivity contribution >= 4 is 45.8 Å². The van der Waals surface area contributed by atoms with Gasteiger partial charge in [0.15, 0.2) is 5.82 Å². The number of aromatic amines is 1. The van der Waals surface area contributed by atoms with Crippen LogP contribution in [0.15, 0.2) is 84.4 Å². The SMILES string of the molecule is CC(=O)NN=C(C)C1(C(=O)Nc2ccc3[nH]nc(-c4ccc(F)cc4)c3c2)CCN(CC(=O)N2CCN(c3ccc(-c4ncccn4)cn3)C[C@H]2C)C1. The molecule has 3 amide bonds. The van der Waals surface area contributed by atoms with E-state index >= 15 is 0 Å². The highest BCUT2D eigenvalue weighted by Gasteiger charge is 2.48. The lowest BCUT2D eigenvalue weighted by Gasteiger charge is -2.41. The number of nitrogens with one attached hydrogen (secondary N) is 3. The molecule has 3 N–H and O–H groups in total. The van der Waals surface area contributed by atoms with Crippen LogP contribution in [-0.4, -0.2) is 104 Å². The van der Waals surface area contributed by atoms with Crippen LogP contribution in [0.2, 0.25) is 0 Å². The van der Waals surface area contributed by atoms with Crippen molar-refractivity contribution in [1.82, 2.24) is 40.4 Å². The number of nitrogens with zero attached hydrogens (tertiary/aromatic N) is 8. The number of amides is 3. The number of piperazine rings is 1. The third-order valence-corrected chi connectivity index (χ3v) is 10.00. The molecule has 2 aliphatic heterocycles. The van der Waals surface area contributed by atoms with Crippen LogP contribution < -0.4 is 15.6 Å². The van der Waals surface area contributed by atoms with E-state index in [-0.39, 0.29) is 42.7 Å². The summed E-state index contributed by atoms with van der Waals surface area (Å²) in [7, 11) is 0. The molecule has 2 fully saturated rings. The lowest BCUT2D eigenvalue weighted by Crippen LogP contribution is -2.56. The van der Waals surface area contributed by atoms with E-state index in [2.05, 4.69) is 45.9 Å². The largest absolute Gasteiger partial charge is 0.353 e. The molecule has 15 heteroatoms. The van der Waals surface area contributed by atoms with E-state index in [4.69, 9.17) is 0 Å². The van der Waals surface area contributed by atoms with Crippen LogP contribution in [0.5, 0.6) is 0 Å². The van der Waals surface area contributed by atoms with E-state index in [1.807, 2.05) is 41.0 Å². The molecule has 0 radical (unpaired) electrons. The van der Waals surface area contributed by atoms with Crippen molar-refractivity contribution in [2.75, 3.05) is 49.5 Å². The van der Waals surface area contributed by atoms with Crippen molar-refractivity contribution in [1.29, 1.82) is 0 Å². The maximum absolute atomic E-state index is 14.2. The number of hydrogen-bond donors (Lipinski definition) is 3. The molecule has 0 bridgehead atoms. The van der Waals surface area contributed by atoms with Gasteiger partial charge in [0.05, 0.1) is 23.5 Å². The third kappa shape index (κ3) is 7.46. The maximum Gasteiger partial charge on any atom is 0.237 e. The van der Waals surface area contributed by atoms with E-state index in [0.29, 0.717) is 55.5 Å². The molecule has 2 atom stereocenters. The van der Waals surface area contributed by atoms with Gasteiger partial charge in [-0.3, -0.25) is 24.4 Å². The molecule has 1 unspecified atom stereocenters. The Hall–Kier alpha value is -6.09. The number of carbonyl (C=O) groups is 3. The Morgan fingerprint density at radius 2 is 1.75 bits per heavy atom. The number of likely N-dealkylation sites (tertiary alicyclic amines) is 1. The highest BCUT2D eigenvalue weighted by Crippen LogP contribution is 2.35. The number of pyridine rings is 1. The van der Waals surface area contributed by atoms with E-state index in [1.54, 1.807) is 49.8 Å². The fourth-order valence-corrected chi connectivity index (χ4v) is 7.08. The summed E-state index contributed by atoms with van der Waals surface area (Å²) in [5.74, 6) is 0.420. The van der Waals surface area contributed by atoms with Crippen molar-refractivity contribution < 1.29 is 18.8 Å².